The molecule has 0 aromatic heterocycles. The molecule has 2 aromatic carbocycles. The van der Waals surface area contributed by atoms with Crippen LogP contribution in [-0.4, -0.2) is 27.2 Å². The summed E-state index contributed by atoms with van der Waals surface area (Å²) in [5.74, 6) is 0.391. The highest BCUT2D eigenvalue weighted by molar-refractivity contribution is 7.98. The molecule has 0 saturated carbocycles. The van der Waals surface area contributed by atoms with Crippen molar-refractivity contribution in [2.45, 2.75) is 30.2 Å². The van der Waals surface area contributed by atoms with Gasteiger partial charge in [-0.15, -0.1) is 11.8 Å². The van der Waals surface area contributed by atoms with Gasteiger partial charge < -0.3 is 10.1 Å². The number of sulfonamides is 1. The summed E-state index contributed by atoms with van der Waals surface area (Å²) in [6, 6.07) is 11.9. The van der Waals surface area contributed by atoms with Crippen LogP contribution in [0.25, 0.3) is 0 Å². The molecule has 0 radical (unpaired) electrons. The van der Waals surface area contributed by atoms with Crippen molar-refractivity contribution in [3.8, 4) is 5.75 Å². The number of nitrogens with one attached hydrogen (secondary N) is 2. The lowest BCUT2D eigenvalue weighted by Crippen LogP contribution is -2.24. The Kier molecular flexibility index (Phi) is 7.07. The highest BCUT2D eigenvalue weighted by Gasteiger charge is 2.17. The number of carbonyl (C=O) groups is 1. The molecule has 26 heavy (non-hydrogen) atoms. The van der Waals surface area contributed by atoms with E-state index in [1.165, 1.54) is 30.8 Å². The Hall–Kier alpha value is -2.03. The predicted molar refractivity (Wildman–Crippen MR) is 104 cm³/mol. The van der Waals surface area contributed by atoms with Gasteiger partial charge in [-0.05, 0) is 37.4 Å². The topological polar surface area (TPSA) is 84.5 Å². The van der Waals surface area contributed by atoms with Crippen molar-refractivity contribution in [1.82, 2.24) is 4.72 Å². The third-order valence-corrected chi connectivity index (χ3v) is 5.71. The van der Waals surface area contributed by atoms with Crippen LogP contribution in [0.4, 0.5) is 5.69 Å². The van der Waals surface area contributed by atoms with Gasteiger partial charge in [0, 0.05) is 23.9 Å². The normalized spacial score (nSPS) is 11.2. The van der Waals surface area contributed by atoms with Gasteiger partial charge in [-0.3, -0.25) is 4.79 Å². The molecule has 0 aliphatic heterocycles. The van der Waals surface area contributed by atoms with Crippen LogP contribution >= 0.6 is 11.8 Å². The summed E-state index contributed by atoms with van der Waals surface area (Å²) in [6.45, 7) is 3.87. The number of amides is 1. The quantitative estimate of drug-likeness (QED) is 0.672. The lowest BCUT2D eigenvalue weighted by molar-refractivity contribution is -0.114. The first-order valence-corrected chi connectivity index (χ1v) is 10.7. The number of anilines is 1. The first-order chi connectivity index (χ1) is 12.4. The van der Waals surface area contributed by atoms with E-state index < -0.39 is 10.0 Å². The molecule has 6 nitrogen and oxygen atoms in total. The summed E-state index contributed by atoms with van der Waals surface area (Å²) in [4.78, 5) is 12.2. The number of carbonyl (C=O) groups excluding carboxylic acids is 1. The fourth-order valence-corrected chi connectivity index (χ4v) is 3.91. The molecule has 140 valence electrons. The van der Waals surface area contributed by atoms with E-state index in [0.29, 0.717) is 18.0 Å². The maximum absolute atomic E-state index is 12.6. The zero-order chi connectivity index (χ0) is 19.2. The molecule has 0 bridgehead atoms. The molecule has 2 N–H and O–H groups in total. The zero-order valence-electron chi connectivity index (χ0n) is 14.9. The fourth-order valence-electron chi connectivity index (χ4n) is 2.34. The number of rotatable bonds is 8. The molecule has 8 heteroatoms. The maximum Gasteiger partial charge on any atom is 0.240 e. The van der Waals surface area contributed by atoms with Crippen molar-refractivity contribution >= 4 is 33.4 Å². The average molecular weight is 395 g/mol. The summed E-state index contributed by atoms with van der Waals surface area (Å²) < 4.78 is 33.4. The Morgan fingerprint density at radius 2 is 1.92 bits per heavy atom. The average Bonchev–Trinajstić information content (AvgIpc) is 2.61. The van der Waals surface area contributed by atoms with Crippen molar-refractivity contribution in [2.24, 2.45) is 0 Å². The molecule has 1 amide bonds. The molecular weight excluding hydrogens is 372 g/mol. The second-order valence-electron chi connectivity index (χ2n) is 5.41. The third-order valence-electron chi connectivity index (χ3n) is 3.52. The summed E-state index contributed by atoms with van der Waals surface area (Å²) in [7, 11) is -3.74. The third kappa shape index (κ3) is 5.23. The van der Waals surface area contributed by atoms with Gasteiger partial charge in [-0.1, -0.05) is 18.2 Å². The van der Waals surface area contributed by atoms with E-state index in [2.05, 4.69) is 10.0 Å². The van der Waals surface area contributed by atoms with Gasteiger partial charge in [0.2, 0.25) is 15.9 Å². The zero-order valence-corrected chi connectivity index (χ0v) is 16.5. The summed E-state index contributed by atoms with van der Waals surface area (Å²) in [6.07, 6.45) is 1.86. The van der Waals surface area contributed by atoms with Gasteiger partial charge in [0.05, 0.1) is 17.2 Å². The van der Waals surface area contributed by atoms with Crippen LogP contribution in [0.2, 0.25) is 0 Å². The van der Waals surface area contributed by atoms with Crippen LogP contribution in [-0.2, 0) is 21.4 Å². The monoisotopic (exact) mass is 394 g/mol. The summed E-state index contributed by atoms with van der Waals surface area (Å²) in [5, 5.41) is 2.66. The Balaban J connectivity index is 2.24. The van der Waals surface area contributed by atoms with Gasteiger partial charge in [0.25, 0.3) is 0 Å². The highest BCUT2D eigenvalue weighted by atomic mass is 32.2. The molecule has 0 atom stereocenters. The number of thioether (sulfide) groups is 1. The number of hydrogen-bond donors (Lipinski definition) is 2. The number of para-hydroxylation sites is 1. The van der Waals surface area contributed by atoms with E-state index in [1.54, 1.807) is 12.1 Å². The number of benzene rings is 2. The first-order valence-electron chi connectivity index (χ1n) is 8.03. The van der Waals surface area contributed by atoms with Gasteiger partial charge >= 0.3 is 0 Å². The van der Waals surface area contributed by atoms with Crippen molar-refractivity contribution in [1.29, 1.82) is 0 Å². The van der Waals surface area contributed by atoms with Gasteiger partial charge in [0.15, 0.2) is 0 Å². The lowest BCUT2D eigenvalue weighted by atomic mass is 10.2. The van der Waals surface area contributed by atoms with Crippen LogP contribution in [0.5, 0.6) is 5.75 Å². The van der Waals surface area contributed by atoms with Crippen LogP contribution in [0.3, 0.4) is 0 Å². The van der Waals surface area contributed by atoms with Crippen molar-refractivity contribution in [3.05, 3.63) is 48.0 Å². The highest BCUT2D eigenvalue weighted by Crippen LogP contribution is 2.28. The number of ether oxygens (including phenoxy) is 1. The Morgan fingerprint density at radius 3 is 2.58 bits per heavy atom. The molecule has 0 heterocycles. The summed E-state index contributed by atoms with van der Waals surface area (Å²) >= 11 is 1.43. The van der Waals surface area contributed by atoms with Crippen LogP contribution in [0.15, 0.2) is 52.3 Å². The lowest BCUT2D eigenvalue weighted by Gasteiger charge is -2.13. The standard InChI is InChI=1S/C18H22N2O4S2/c1-4-24-17-8-6-5-7-14(17)12-19-26(22,23)15-9-10-18(25-3)16(11-15)20-13(2)21/h5-11,19H,4,12H2,1-3H3,(H,20,21). The van der Waals surface area contributed by atoms with E-state index in [9.17, 15) is 13.2 Å². The largest absolute Gasteiger partial charge is 0.494 e. The first kappa shape index (κ1) is 20.3. The molecule has 2 aromatic rings. The van der Waals surface area contributed by atoms with Gasteiger partial charge in [-0.25, -0.2) is 13.1 Å². The van der Waals surface area contributed by atoms with Crippen molar-refractivity contribution in [3.63, 3.8) is 0 Å². The predicted octanol–water partition coefficient (Wildman–Crippen LogP) is 3.24. The number of hydrogen-bond acceptors (Lipinski definition) is 5. The molecular formula is C18H22N2O4S2. The van der Waals surface area contributed by atoms with Crippen LogP contribution < -0.4 is 14.8 Å². The molecule has 0 saturated heterocycles. The molecule has 0 unspecified atom stereocenters. The Morgan fingerprint density at radius 1 is 1.19 bits per heavy atom. The van der Waals surface area contributed by atoms with E-state index in [0.717, 1.165) is 10.5 Å². The Labute approximate surface area is 158 Å². The second-order valence-corrected chi connectivity index (χ2v) is 8.02. The van der Waals surface area contributed by atoms with Crippen LogP contribution in [0, 0.1) is 0 Å². The Bertz CT molecular complexity index is 883. The van der Waals surface area contributed by atoms with E-state index >= 15 is 0 Å². The van der Waals surface area contributed by atoms with E-state index in [4.69, 9.17) is 4.74 Å². The molecule has 0 aliphatic rings. The van der Waals surface area contributed by atoms with Gasteiger partial charge in [0.1, 0.15) is 5.75 Å². The SMILES string of the molecule is CCOc1ccccc1CNS(=O)(=O)c1ccc(SC)c(NC(C)=O)c1. The second kappa shape index (κ2) is 9.07. The minimum absolute atomic E-state index is 0.0907. The maximum atomic E-state index is 12.6. The molecule has 0 aliphatic carbocycles. The van der Waals surface area contributed by atoms with Crippen molar-refractivity contribution in [2.75, 3.05) is 18.2 Å². The fraction of sp³-hybridized carbons (Fsp3) is 0.278. The molecule has 2 rings (SSSR count). The minimum Gasteiger partial charge on any atom is -0.494 e. The van der Waals surface area contributed by atoms with E-state index in [1.807, 2.05) is 31.4 Å². The van der Waals surface area contributed by atoms with Crippen LogP contribution in [0.1, 0.15) is 19.4 Å². The van der Waals surface area contributed by atoms with Crippen molar-refractivity contribution < 1.29 is 17.9 Å². The van der Waals surface area contributed by atoms with E-state index in [-0.39, 0.29) is 17.3 Å². The smallest absolute Gasteiger partial charge is 0.240 e. The molecule has 0 spiro atoms. The van der Waals surface area contributed by atoms with Gasteiger partial charge in [-0.2, -0.15) is 0 Å². The molecule has 0 fully saturated rings. The summed E-state index contributed by atoms with van der Waals surface area (Å²) in [5.41, 5.74) is 1.23. The minimum atomic E-state index is -3.74.